The SMILES string of the molecule is CCOc1cccc(NCC2CCCC2CO)c1[N+](=O)[O-]. The Balaban J connectivity index is 2.12. The molecule has 6 heteroatoms. The highest BCUT2D eigenvalue weighted by atomic mass is 16.6. The van der Waals surface area contributed by atoms with Crippen molar-refractivity contribution in [2.24, 2.45) is 11.8 Å². The molecule has 21 heavy (non-hydrogen) atoms. The summed E-state index contributed by atoms with van der Waals surface area (Å²) < 4.78 is 5.33. The van der Waals surface area contributed by atoms with Crippen LogP contribution in [0.2, 0.25) is 0 Å². The van der Waals surface area contributed by atoms with Gasteiger partial charge in [-0.25, -0.2) is 0 Å². The first-order chi connectivity index (χ1) is 10.2. The van der Waals surface area contributed by atoms with Gasteiger partial charge in [0.15, 0.2) is 5.75 Å². The van der Waals surface area contributed by atoms with Crippen molar-refractivity contribution in [2.75, 3.05) is 25.1 Å². The first-order valence-electron chi connectivity index (χ1n) is 7.42. The molecular weight excluding hydrogens is 272 g/mol. The second-order valence-corrected chi connectivity index (χ2v) is 5.36. The van der Waals surface area contributed by atoms with Gasteiger partial charge >= 0.3 is 5.69 Å². The molecule has 0 radical (unpaired) electrons. The van der Waals surface area contributed by atoms with E-state index in [0.717, 1.165) is 19.3 Å². The number of benzene rings is 1. The highest BCUT2D eigenvalue weighted by molar-refractivity contribution is 5.68. The maximum Gasteiger partial charge on any atom is 0.333 e. The Morgan fingerprint density at radius 2 is 2.19 bits per heavy atom. The topological polar surface area (TPSA) is 84.6 Å². The number of nitrogens with zero attached hydrogens (tertiary/aromatic N) is 1. The van der Waals surface area contributed by atoms with Gasteiger partial charge in [-0.3, -0.25) is 10.1 Å². The van der Waals surface area contributed by atoms with Crippen LogP contribution in [0.3, 0.4) is 0 Å². The van der Waals surface area contributed by atoms with E-state index in [1.165, 1.54) is 0 Å². The molecule has 1 aromatic rings. The Bertz CT molecular complexity index is 493. The van der Waals surface area contributed by atoms with Crippen LogP contribution in [0.4, 0.5) is 11.4 Å². The fourth-order valence-corrected chi connectivity index (χ4v) is 2.99. The zero-order valence-electron chi connectivity index (χ0n) is 12.2. The summed E-state index contributed by atoms with van der Waals surface area (Å²) >= 11 is 0. The number of hydrogen-bond donors (Lipinski definition) is 2. The Morgan fingerprint density at radius 3 is 2.86 bits per heavy atom. The summed E-state index contributed by atoms with van der Waals surface area (Å²) in [5.74, 6) is 0.953. The summed E-state index contributed by atoms with van der Waals surface area (Å²) in [7, 11) is 0. The molecular formula is C15H22N2O4. The van der Waals surface area contributed by atoms with Gasteiger partial charge in [-0.15, -0.1) is 0 Å². The number of aliphatic hydroxyl groups is 1. The van der Waals surface area contributed by atoms with Crippen molar-refractivity contribution in [1.82, 2.24) is 0 Å². The fraction of sp³-hybridized carbons (Fsp3) is 0.600. The van der Waals surface area contributed by atoms with E-state index in [0.29, 0.717) is 30.7 Å². The van der Waals surface area contributed by atoms with Crippen LogP contribution >= 0.6 is 0 Å². The molecule has 0 bridgehead atoms. The molecule has 0 heterocycles. The van der Waals surface area contributed by atoms with Gasteiger partial charge in [0, 0.05) is 13.2 Å². The maximum atomic E-state index is 11.3. The molecule has 2 unspecified atom stereocenters. The van der Waals surface area contributed by atoms with Gasteiger partial charge in [0.2, 0.25) is 0 Å². The molecule has 0 aliphatic heterocycles. The standard InChI is InChI=1S/C15H22N2O4/c1-2-21-14-8-4-7-13(15(14)17(19)20)16-9-11-5-3-6-12(11)10-18/h4,7-8,11-12,16,18H,2-3,5-6,9-10H2,1H3. The fourth-order valence-electron chi connectivity index (χ4n) is 2.99. The second-order valence-electron chi connectivity index (χ2n) is 5.36. The smallest absolute Gasteiger partial charge is 0.333 e. The van der Waals surface area contributed by atoms with Gasteiger partial charge in [-0.05, 0) is 43.7 Å². The molecule has 1 fully saturated rings. The Kier molecular flexibility index (Phi) is 5.38. The lowest BCUT2D eigenvalue weighted by atomic mass is 9.97. The number of rotatable bonds is 7. The third-order valence-electron chi connectivity index (χ3n) is 4.09. The molecule has 1 saturated carbocycles. The molecule has 1 aliphatic rings. The Morgan fingerprint density at radius 1 is 1.43 bits per heavy atom. The number of nitro benzene ring substituents is 1. The zero-order valence-corrected chi connectivity index (χ0v) is 12.2. The van der Waals surface area contributed by atoms with Crippen molar-refractivity contribution in [3.8, 4) is 5.75 Å². The van der Waals surface area contributed by atoms with Crippen LogP contribution in [0, 0.1) is 22.0 Å². The first-order valence-corrected chi connectivity index (χ1v) is 7.42. The van der Waals surface area contributed by atoms with Crippen molar-refractivity contribution in [2.45, 2.75) is 26.2 Å². The van der Waals surface area contributed by atoms with Crippen LogP contribution in [0.25, 0.3) is 0 Å². The highest BCUT2D eigenvalue weighted by Gasteiger charge is 2.27. The predicted octanol–water partition coefficient (Wildman–Crippen LogP) is 2.81. The van der Waals surface area contributed by atoms with E-state index in [1.54, 1.807) is 25.1 Å². The molecule has 1 aromatic carbocycles. The van der Waals surface area contributed by atoms with Gasteiger partial charge in [-0.2, -0.15) is 0 Å². The van der Waals surface area contributed by atoms with E-state index in [1.807, 2.05) is 0 Å². The summed E-state index contributed by atoms with van der Waals surface area (Å²) in [5, 5.41) is 23.8. The quantitative estimate of drug-likeness (QED) is 0.596. The molecule has 6 nitrogen and oxygen atoms in total. The number of nitro groups is 1. The summed E-state index contributed by atoms with van der Waals surface area (Å²) in [4.78, 5) is 10.9. The van der Waals surface area contributed by atoms with Crippen LogP contribution < -0.4 is 10.1 Å². The average molecular weight is 294 g/mol. The van der Waals surface area contributed by atoms with Crippen molar-refractivity contribution < 1.29 is 14.8 Å². The van der Waals surface area contributed by atoms with Crippen LogP contribution in [0.1, 0.15) is 26.2 Å². The third-order valence-corrected chi connectivity index (χ3v) is 4.09. The van der Waals surface area contributed by atoms with Crippen LogP contribution in [-0.2, 0) is 0 Å². The van der Waals surface area contributed by atoms with Crippen molar-refractivity contribution in [1.29, 1.82) is 0 Å². The van der Waals surface area contributed by atoms with E-state index in [9.17, 15) is 15.2 Å². The summed E-state index contributed by atoms with van der Waals surface area (Å²) in [5.41, 5.74) is 0.465. The van der Waals surface area contributed by atoms with E-state index < -0.39 is 4.92 Å². The molecule has 2 N–H and O–H groups in total. The lowest BCUT2D eigenvalue weighted by Crippen LogP contribution is -2.21. The Labute approximate surface area is 124 Å². The molecule has 0 spiro atoms. The van der Waals surface area contributed by atoms with Gasteiger partial charge in [0.25, 0.3) is 0 Å². The number of aliphatic hydroxyl groups excluding tert-OH is 1. The lowest BCUT2D eigenvalue weighted by Gasteiger charge is -2.18. The summed E-state index contributed by atoms with van der Waals surface area (Å²) in [6, 6.07) is 5.06. The average Bonchev–Trinajstić information content (AvgIpc) is 2.92. The van der Waals surface area contributed by atoms with E-state index in [4.69, 9.17) is 4.74 Å². The highest BCUT2D eigenvalue weighted by Crippen LogP contribution is 2.36. The lowest BCUT2D eigenvalue weighted by molar-refractivity contribution is -0.384. The number of hydrogen-bond acceptors (Lipinski definition) is 5. The number of ether oxygens (including phenoxy) is 1. The summed E-state index contributed by atoms with van der Waals surface area (Å²) in [6.07, 6.45) is 3.19. The number of anilines is 1. The van der Waals surface area contributed by atoms with Gasteiger partial charge in [0.05, 0.1) is 11.5 Å². The van der Waals surface area contributed by atoms with Crippen molar-refractivity contribution >= 4 is 11.4 Å². The minimum atomic E-state index is -0.411. The summed E-state index contributed by atoms with van der Waals surface area (Å²) in [6.45, 7) is 3.02. The molecule has 0 saturated heterocycles. The number of para-hydroxylation sites is 1. The second kappa shape index (κ2) is 7.26. The first kappa shape index (κ1) is 15.6. The van der Waals surface area contributed by atoms with Gasteiger partial charge in [0.1, 0.15) is 5.69 Å². The van der Waals surface area contributed by atoms with Crippen LogP contribution in [-0.4, -0.2) is 29.8 Å². The third kappa shape index (κ3) is 3.64. The van der Waals surface area contributed by atoms with Crippen LogP contribution in [0.5, 0.6) is 5.75 Å². The molecule has 2 rings (SSSR count). The zero-order chi connectivity index (χ0) is 15.2. The minimum absolute atomic E-state index is 0.0158. The van der Waals surface area contributed by atoms with E-state index in [-0.39, 0.29) is 18.0 Å². The monoisotopic (exact) mass is 294 g/mol. The minimum Gasteiger partial charge on any atom is -0.487 e. The molecule has 0 aromatic heterocycles. The Hall–Kier alpha value is -1.82. The van der Waals surface area contributed by atoms with E-state index >= 15 is 0 Å². The molecule has 2 atom stereocenters. The normalized spacial score (nSPS) is 21.2. The van der Waals surface area contributed by atoms with Crippen molar-refractivity contribution in [3.63, 3.8) is 0 Å². The van der Waals surface area contributed by atoms with E-state index in [2.05, 4.69) is 5.32 Å². The molecule has 0 amide bonds. The number of nitrogens with one attached hydrogen (secondary N) is 1. The van der Waals surface area contributed by atoms with Crippen LogP contribution in [0.15, 0.2) is 18.2 Å². The van der Waals surface area contributed by atoms with Gasteiger partial charge < -0.3 is 15.2 Å². The predicted molar refractivity (Wildman–Crippen MR) is 80.7 cm³/mol. The van der Waals surface area contributed by atoms with Crippen molar-refractivity contribution in [3.05, 3.63) is 28.3 Å². The molecule has 1 aliphatic carbocycles. The maximum absolute atomic E-state index is 11.3. The largest absolute Gasteiger partial charge is 0.487 e. The molecule has 116 valence electrons. The van der Waals surface area contributed by atoms with Gasteiger partial charge in [-0.1, -0.05) is 12.5 Å².